The van der Waals surface area contributed by atoms with E-state index in [2.05, 4.69) is 0 Å². The highest BCUT2D eigenvalue weighted by Crippen LogP contribution is 2.30. The number of nitrogens with two attached hydrogens (primary N) is 1. The fourth-order valence-corrected chi connectivity index (χ4v) is 2.36. The molecule has 0 aromatic heterocycles. The molecule has 2 N–H and O–H groups in total. The van der Waals surface area contributed by atoms with Gasteiger partial charge in [0.05, 0.1) is 14.2 Å². The van der Waals surface area contributed by atoms with E-state index < -0.39 is 0 Å². The minimum Gasteiger partial charge on any atom is -0.493 e. The predicted octanol–water partition coefficient (Wildman–Crippen LogP) is 3.13. The van der Waals surface area contributed by atoms with Gasteiger partial charge in [0.15, 0.2) is 11.5 Å². The first kappa shape index (κ1) is 15.3. The maximum atomic E-state index is 13.0. The van der Waals surface area contributed by atoms with Crippen LogP contribution < -0.4 is 15.2 Å². The SMILES string of the molecule is COc1ccc(CC(CN)c2ccc(F)cc2)cc1OC. The number of ether oxygens (including phenoxy) is 2. The lowest BCUT2D eigenvalue weighted by molar-refractivity contribution is 0.354. The Kier molecular flexibility index (Phi) is 5.17. The Morgan fingerprint density at radius 2 is 1.67 bits per heavy atom. The van der Waals surface area contributed by atoms with Gasteiger partial charge >= 0.3 is 0 Å². The van der Waals surface area contributed by atoms with E-state index in [4.69, 9.17) is 15.2 Å². The molecule has 0 aliphatic carbocycles. The molecule has 112 valence electrons. The molecule has 0 bridgehead atoms. The summed E-state index contributed by atoms with van der Waals surface area (Å²) in [7, 11) is 3.22. The molecule has 0 saturated heterocycles. The summed E-state index contributed by atoms with van der Waals surface area (Å²) < 4.78 is 23.5. The van der Waals surface area contributed by atoms with E-state index in [0.29, 0.717) is 18.0 Å². The van der Waals surface area contributed by atoms with Gasteiger partial charge in [0.2, 0.25) is 0 Å². The summed E-state index contributed by atoms with van der Waals surface area (Å²) in [6.45, 7) is 0.500. The normalized spacial score (nSPS) is 12.0. The molecule has 2 rings (SSSR count). The number of rotatable bonds is 6. The van der Waals surface area contributed by atoms with E-state index in [9.17, 15) is 4.39 Å². The molecule has 3 nitrogen and oxygen atoms in total. The van der Waals surface area contributed by atoms with Crippen LogP contribution in [0.25, 0.3) is 0 Å². The van der Waals surface area contributed by atoms with Crippen molar-refractivity contribution >= 4 is 0 Å². The van der Waals surface area contributed by atoms with Crippen LogP contribution in [0.5, 0.6) is 11.5 Å². The third-order valence-corrected chi connectivity index (χ3v) is 3.56. The molecule has 0 spiro atoms. The predicted molar refractivity (Wildman–Crippen MR) is 81.4 cm³/mol. The first-order chi connectivity index (χ1) is 10.2. The molecule has 0 heterocycles. The summed E-state index contributed by atoms with van der Waals surface area (Å²) in [4.78, 5) is 0. The largest absolute Gasteiger partial charge is 0.493 e. The number of halogens is 1. The van der Waals surface area contributed by atoms with Crippen molar-refractivity contribution in [3.05, 3.63) is 59.4 Å². The van der Waals surface area contributed by atoms with Gasteiger partial charge in [-0.25, -0.2) is 4.39 Å². The third kappa shape index (κ3) is 3.73. The molecular formula is C17H20FNO2. The monoisotopic (exact) mass is 289 g/mol. The smallest absolute Gasteiger partial charge is 0.160 e. The Labute approximate surface area is 124 Å². The molecule has 0 fully saturated rings. The summed E-state index contributed by atoms with van der Waals surface area (Å²) in [5.41, 5.74) is 8.01. The zero-order valence-electron chi connectivity index (χ0n) is 12.3. The van der Waals surface area contributed by atoms with Crippen LogP contribution in [0.15, 0.2) is 42.5 Å². The third-order valence-electron chi connectivity index (χ3n) is 3.56. The molecule has 1 atom stereocenters. The highest BCUT2D eigenvalue weighted by molar-refractivity contribution is 5.43. The molecule has 4 heteroatoms. The highest BCUT2D eigenvalue weighted by Gasteiger charge is 2.13. The molecule has 21 heavy (non-hydrogen) atoms. The molecule has 1 unspecified atom stereocenters. The lowest BCUT2D eigenvalue weighted by Gasteiger charge is -2.16. The minimum atomic E-state index is -0.236. The van der Waals surface area contributed by atoms with E-state index in [-0.39, 0.29) is 11.7 Å². The van der Waals surface area contributed by atoms with Crippen molar-refractivity contribution in [1.82, 2.24) is 0 Å². The van der Waals surface area contributed by atoms with E-state index in [1.54, 1.807) is 26.4 Å². The van der Waals surface area contributed by atoms with E-state index in [1.807, 2.05) is 18.2 Å². The van der Waals surface area contributed by atoms with Gasteiger partial charge < -0.3 is 15.2 Å². The number of hydrogen-bond acceptors (Lipinski definition) is 3. The average molecular weight is 289 g/mol. The topological polar surface area (TPSA) is 44.5 Å². The van der Waals surface area contributed by atoms with Crippen LogP contribution >= 0.6 is 0 Å². The Morgan fingerprint density at radius 3 is 2.24 bits per heavy atom. The fourth-order valence-electron chi connectivity index (χ4n) is 2.36. The van der Waals surface area contributed by atoms with Crippen LogP contribution in [0.2, 0.25) is 0 Å². The van der Waals surface area contributed by atoms with E-state index in [1.165, 1.54) is 12.1 Å². The molecular weight excluding hydrogens is 269 g/mol. The molecule has 0 aliphatic heterocycles. The summed E-state index contributed by atoms with van der Waals surface area (Å²) in [6.07, 6.45) is 0.766. The van der Waals surface area contributed by atoms with Crippen LogP contribution in [0.1, 0.15) is 17.0 Å². The first-order valence-electron chi connectivity index (χ1n) is 6.84. The van der Waals surface area contributed by atoms with Crippen molar-refractivity contribution in [2.45, 2.75) is 12.3 Å². The van der Waals surface area contributed by atoms with Gasteiger partial charge in [0, 0.05) is 5.92 Å². The highest BCUT2D eigenvalue weighted by atomic mass is 19.1. The van der Waals surface area contributed by atoms with Crippen LogP contribution in [0.3, 0.4) is 0 Å². The van der Waals surface area contributed by atoms with Crippen molar-refractivity contribution in [3.8, 4) is 11.5 Å². The van der Waals surface area contributed by atoms with Crippen LogP contribution in [0, 0.1) is 5.82 Å². The summed E-state index contributed by atoms with van der Waals surface area (Å²) >= 11 is 0. The quantitative estimate of drug-likeness (QED) is 0.888. The summed E-state index contributed by atoms with van der Waals surface area (Å²) in [5, 5.41) is 0. The van der Waals surface area contributed by atoms with Crippen molar-refractivity contribution in [2.75, 3.05) is 20.8 Å². The van der Waals surface area contributed by atoms with Gasteiger partial charge in [-0.05, 0) is 48.4 Å². The van der Waals surface area contributed by atoms with Crippen LogP contribution in [-0.2, 0) is 6.42 Å². The van der Waals surface area contributed by atoms with Gasteiger partial charge in [0.25, 0.3) is 0 Å². The zero-order valence-corrected chi connectivity index (χ0v) is 12.3. The van der Waals surface area contributed by atoms with Crippen molar-refractivity contribution in [2.24, 2.45) is 5.73 Å². The standard InChI is InChI=1S/C17H20FNO2/c1-20-16-8-3-12(10-17(16)21-2)9-14(11-19)13-4-6-15(18)7-5-13/h3-8,10,14H,9,11,19H2,1-2H3. The van der Waals surface area contributed by atoms with Crippen molar-refractivity contribution in [3.63, 3.8) is 0 Å². The first-order valence-corrected chi connectivity index (χ1v) is 6.84. The van der Waals surface area contributed by atoms with Gasteiger partial charge in [0.1, 0.15) is 5.82 Å². The average Bonchev–Trinajstić information content (AvgIpc) is 2.53. The van der Waals surface area contributed by atoms with Gasteiger partial charge in [-0.3, -0.25) is 0 Å². The second kappa shape index (κ2) is 7.09. The second-order valence-corrected chi connectivity index (χ2v) is 4.88. The lowest BCUT2D eigenvalue weighted by atomic mass is 9.92. The minimum absolute atomic E-state index is 0.142. The van der Waals surface area contributed by atoms with E-state index in [0.717, 1.165) is 17.5 Å². The molecule has 0 saturated carbocycles. The van der Waals surface area contributed by atoms with Crippen LogP contribution in [-0.4, -0.2) is 20.8 Å². The zero-order chi connectivity index (χ0) is 15.2. The molecule has 0 aliphatic rings. The van der Waals surface area contributed by atoms with E-state index >= 15 is 0 Å². The Morgan fingerprint density at radius 1 is 1.00 bits per heavy atom. The molecule has 2 aromatic carbocycles. The molecule has 2 aromatic rings. The maximum absolute atomic E-state index is 13.0. The number of methoxy groups -OCH3 is 2. The van der Waals surface area contributed by atoms with Gasteiger partial charge in [-0.15, -0.1) is 0 Å². The Bertz CT molecular complexity index is 584. The van der Waals surface area contributed by atoms with Crippen molar-refractivity contribution < 1.29 is 13.9 Å². The summed E-state index contributed by atoms with van der Waals surface area (Å²) in [6, 6.07) is 12.3. The fraction of sp³-hybridized carbons (Fsp3) is 0.294. The van der Waals surface area contributed by atoms with Gasteiger partial charge in [-0.2, -0.15) is 0 Å². The molecule has 0 radical (unpaired) electrons. The van der Waals surface area contributed by atoms with Crippen LogP contribution in [0.4, 0.5) is 4.39 Å². The van der Waals surface area contributed by atoms with Gasteiger partial charge in [-0.1, -0.05) is 18.2 Å². The lowest BCUT2D eigenvalue weighted by Crippen LogP contribution is -2.15. The molecule has 0 amide bonds. The number of benzene rings is 2. The second-order valence-electron chi connectivity index (χ2n) is 4.88. The Balaban J connectivity index is 2.20. The maximum Gasteiger partial charge on any atom is 0.160 e. The van der Waals surface area contributed by atoms with Crippen molar-refractivity contribution in [1.29, 1.82) is 0 Å². The number of hydrogen-bond donors (Lipinski definition) is 1. The Hall–Kier alpha value is -2.07. The summed E-state index contributed by atoms with van der Waals surface area (Å²) in [5.74, 6) is 1.31.